The van der Waals surface area contributed by atoms with Crippen LogP contribution in [0.1, 0.15) is 45.2 Å². The fourth-order valence-corrected chi connectivity index (χ4v) is 4.85. The van der Waals surface area contributed by atoms with Gasteiger partial charge in [-0.1, -0.05) is 17.7 Å². The number of carboxylic acids is 1. The molecule has 1 aliphatic rings. The zero-order valence-corrected chi connectivity index (χ0v) is 22.0. The Kier molecular flexibility index (Phi) is 8.22. The van der Waals surface area contributed by atoms with E-state index in [9.17, 15) is 40.3 Å². The number of hydrogen-bond donors (Lipinski definition) is 2. The summed E-state index contributed by atoms with van der Waals surface area (Å²) in [5.74, 6) is -5.76. The molecule has 224 valence electrons. The van der Waals surface area contributed by atoms with Gasteiger partial charge in [-0.2, -0.15) is 26.3 Å². The highest BCUT2D eigenvalue weighted by atomic mass is 35.5. The summed E-state index contributed by atoms with van der Waals surface area (Å²) in [7, 11) is 0. The van der Waals surface area contributed by atoms with E-state index < -0.39 is 41.7 Å². The van der Waals surface area contributed by atoms with E-state index in [0.717, 1.165) is 10.1 Å². The molecular weight excluding hydrogens is 603 g/mol. The van der Waals surface area contributed by atoms with Crippen LogP contribution in [0.25, 0.3) is 5.52 Å². The summed E-state index contributed by atoms with van der Waals surface area (Å²) in [6.45, 7) is 1.72. The number of H-pyrrole nitrogens is 2. The van der Waals surface area contributed by atoms with Crippen molar-refractivity contribution in [1.29, 1.82) is 0 Å². The van der Waals surface area contributed by atoms with Gasteiger partial charge in [0.25, 0.3) is 5.56 Å². The van der Waals surface area contributed by atoms with Crippen LogP contribution in [-0.4, -0.2) is 37.5 Å². The number of fused-ring (bicyclic) bond motifs is 2. The smallest absolute Gasteiger partial charge is 0.485 e. The number of aliphatic carboxylic acids is 1. The van der Waals surface area contributed by atoms with Gasteiger partial charge < -0.3 is 14.9 Å². The summed E-state index contributed by atoms with van der Waals surface area (Å²) in [6, 6.07) is 5.83. The number of aromatic nitrogens is 5. The molecule has 9 nitrogen and oxygen atoms in total. The Bertz CT molecular complexity index is 1740. The molecule has 17 heteroatoms. The zero-order chi connectivity index (χ0) is 31.1. The number of nitrogens with one attached hydrogen (secondary N) is 2. The first-order chi connectivity index (χ1) is 19.5. The molecule has 5 rings (SSSR count). The highest BCUT2D eigenvalue weighted by molar-refractivity contribution is 6.30. The van der Waals surface area contributed by atoms with Crippen LogP contribution in [0.15, 0.2) is 35.3 Å². The number of carboxylic acid groups (broad SMARTS) is 1. The third-order valence-corrected chi connectivity index (χ3v) is 7.02. The molecule has 0 aliphatic carbocycles. The molecule has 0 saturated heterocycles. The number of nitrogens with zero attached hydrogens (tertiary/aromatic N) is 3. The highest BCUT2D eigenvalue weighted by Gasteiger charge is 2.46. The Labute approximate surface area is 235 Å². The summed E-state index contributed by atoms with van der Waals surface area (Å²) in [5.41, 5.74) is 1.90. The van der Waals surface area contributed by atoms with Gasteiger partial charge in [0.1, 0.15) is 22.5 Å². The second kappa shape index (κ2) is 11.2. The molecule has 0 fully saturated rings. The van der Waals surface area contributed by atoms with Crippen molar-refractivity contribution >= 4 is 28.9 Å². The Morgan fingerprint density at radius 2 is 1.86 bits per heavy atom. The number of aromatic amines is 2. The van der Waals surface area contributed by atoms with Crippen LogP contribution in [0.2, 0.25) is 5.15 Å². The van der Waals surface area contributed by atoms with Crippen LogP contribution in [-0.2, 0) is 30.4 Å². The lowest BCUT2D eigenvalue weighted by Crippen LogP contribution is -2.48. The first-order valence-electron chi connectivity index (χ1n) is 12.0. The maximum atomic E-state index is 14.7. The molecule has 1 atom stereocenters. The van der Waals surface area contributed by atoms with Crippen LogP contribution < -0.4 is 15.2 Å². The number of alkyl halides is 6. The third-order valence-electron chi connectivity index (χ3n) is 6.56. The van der Waals surface area contributed by atoms with Crippen LogP contribution in [0.3, 0.4) is 0 Å². The summed E-state index contributed by atoms with van der Waals surface area (Å²) >= 11 is 6.38. The van der Waals surface area contributed by atoms with Crippen molar-refractivity contribution in [3.63, 3.8) is 0 Å². The van der Waals surface area contributed by atoms with E-state index >= 15 is 0 Å². The molecule has 0 radical (unpaired) electrons. The molecule has 0 bridgehead atoms. The number of hydrogen-bond acceptors (Lipinski definition) is 5. The lowest BCUT2D eigenvalue weighted by molar-refractivity contribution is -0.727. The fraction of sp³-hybridized carbons (Fsp3) is 0.320. The number of carbonyl (C=O) groups is 2. The average molecular weight is 622 g/mol. The first kappa shape index (κ1) is 30.7. The number of carbonyl (C=O) groups excluding carboxylic acids is 2. The number of ketones is 1. The largest absolute Gasteiger partial charge is 0.542 e. The number of Topliss-reactive ketones (excluding diaryl/α,β-unsaturated/α-hetero) is 1. The monoisotopic (exact) mass is 621 g/mol. The van der Waals surface area contributed by atoms with E-state index in [0.29, 0.717) is 21.9 Å². The molecule has 2 N–H and O–H groups in total. The minimum absolute atomic E-state index is 0.00955. The van der Waals surface area contributed by atoms with E-state index in [1.807, 2.05) is 0 Å². The SMILES string of the molecule is Cc1cc2c(=O)[nH]cc(Cc3ccc(F)c(C(=O)C4CC[n+]5c(C(F)(F)F)n[nH]c5C4)c3)n2c1Cl.O=C([O-])C(F)(F)F. The molecule has 42 heavy (non-hydrogen) atoms. The van der Waals surface area contributed by atoms with Crippen LogP contribution in [0.4, 0.5) is 30.7 Å². The number of aryl methyl sites for hydroxylation is 1. The van der Waals surface area contributed by atoms with Gasteiger partial charge in [0.2, 0.25) is 5.82 Å². The maximum Gasteiger partial charge on any atom is 0.485 e. The molecule has 1 aliphatic heterocycles. The van der Waals surface area contributed by atoms with Crippen molar-refractivity contribution in [2.24, 2.45) is 5.92 Å². The lowest BCUT2D eigenvalue weighted by atomic mass is 9.88. The maximum absolute atomic E-state index is 14.7. The minimum atomic E-state index is -5.19. The Morgan fingerprint density at radius 1 is 1.19 bits per heavy atom. The molecule has 4 aromatic rings. The Balaban J connectivity index is 0.000000517. The molecule has 0 amide bonds. The number of benzene rings is 1. The van der Waals surface area contributed by atoms with Crippen molar-refractivity contribution in [2.45, 2.75) is 45.1 Å². The normalized spacial score (nSPS) is 15.2. The van der Waals surface area contributed by atoms with Crippen molar-refractivity contribution < 1.29 is 50.0 Å². The van der Waals surface area contributed by atoms with E-state index in [2.05, 4.69) is 15.2 Å². The van der Waals surface area contributed by atoms with E-state index in [-0.39, 0.29) is 42.8 Å². The molecule has 3 aromatic heterocycles. The second-order valence-corrected chi connectivity index (χ2v) is 9.78. The van der Waals surface area contributed by atoms with Crippen LogP contribution in [0.5, 0.6) is 0 Å². The van der Waals surface area contributed by atoms with E-state index in [1.54, 1.807) is 17.4 Å². The number of halogens is 8. The Hall–Kier alpha value is -4.21. The van der Waals surface area contributed by atoms with E-state index in [4.69, 9.17) is 21.5 Å². The zero-order valence-electron chi connectivity index (χ0n) is 21.3. The molecule has 0 saturated carbocycles. The quantitative estimate of drug-likeness (QED) is 0.206. The summed E-state index contributed by atoms with van der Waals surface area (Å²) in [5, 5.41) is 14.9. The van der Waals surface area contributed by atoms with Crippen molar-refractivity contribution in [1.82, 2.24) is 19.6 Å². The summed E-state index contributed by atoms with van der Waals surface area (Å²) in [4.78, 5) is 36.8. The van der Waals surface area contributed by atoms with Crippen LogP contribution >= 0.6 is 11.6 Å². The lowest BCUT2D eigenvalue weighted by Gasteiger charge is -2.20. The van der Waals surface area contributed by atoms with Gasteiger partial charge in [0, 0.05) is 35.7 Å². The topological polar surface area (TPSA) is 127 Å². The second-order valence-electron chi connectivity index (χ2n) is 9.42. The van der Waals surface area contributed by atoms with Gasteiger partial charge in [-0.25, -0.2) is 8.96 Å². The third kappa shape index (κ3) is 6.17. The van der Waals surface area contributed by atoms with Gasteiger partial charge in [-0.05, 0) is 42.7 Å². The van der Waals surface area contributed by atoms with E-state index in [1.165, 1.54) is 24.4 Å². The predicted molar refractivity (Wildman–Crippen MR) is 128 cm³/mol. The summed E-state index contributed by atoms with van der Waals surface area (Å²) in [6.07, 6.45) is -7.92. The van der Waals surface area contributed by atoms with Gasteiger partial charge in [-0.3, -0.25) is 14.0 Å². The first-order valence-corrected chi connectivity index (χ1v) is 12.4. The van der Waals surface area contributed by atoms with Crippen molar-refractivity contribution in [2.75, 3.05) is 0 Å². The van der Waals surface area contributed by atoms with Gasteiger partial charge >= 0.3 is 18.2 Å². The molecular formula is C25H19ClF7N5O4. The molecule has 0 spiro atoms. The van der Waals surface area contributed by atoms with Crippen molar-refractivity contribution in [3.05, 3.63) is 85.8 Å². The highest BCUT2D eigenvalue weighted by Crippen LogP contribution is 2.29. The van der Waals surface area contributed by atoms with Gasteiger partial charge in [0.15, 0.2) is 5.78 Å². The summed E-state index contributed by atoms with van der Waals surface area (Å²) < 4.78 is 88.2. The van der Waals surface area contributed by atoms with Gasteiger partial charge in [0.05, 0.1) is 12.1 Å². The molecule has 1 unspecified atom stereocenters. The fourth-order valence-electron chi connectivity index (χ4n) is 4.60. The standard InChI is InChI=1S/C23H18ClF4N5O2.C2HF3O2/c1-11-6-17-21(35)29-10-14(33(17)20(11)24)7-12-2-3-16(25)15(8-12)19(34)13-4-5-32-18(9-13)30-31-22(32)23(26,27)28;3-2(4,5)1(6)7/h2-3,6,8,10,13H,4-5,7,9H2,1H3,(H,29,35);(H,6,7). The Morgan fingerprint density at radius 3 is 2.48 bits per heavy atom. The van der Waals surface area contributed by atoms with Crippen LogP contribution in [0, 0.1) is 18.7 Å². The molecule has 4 heterocycles. The number of rotatable bonds is 4. The average Bonchev–Trinajstić information content (AvgIpc) is 3.47. The van der Waals surface area contributed by atoms with Crippen molar-refractivity contribution in [3.8, 4) is 0 Å². The van der Waals surface area contributed by atoms with Gasteiger partial charge in [-0.15, -0.1) is 5.10 Å². The minimum Gasteiger partial charge on any atom is -0.542 e. The molecule has 1 aromatic carbocycles. The predicted octanol–water partition coefficient (Wildman–Crippen LogP) is 3.09.